The van der Waals surface area contributed by atoms with Gasteiger partial charge in [0.05, 0.1) is 5.56 Å². The van der Waals surface area contributed by atoms with Crippen LogP contribution < -0.4 is 5.73 Å². The van der Waals surface area contributed by atoms with Gasteiger partial charge in [-0.05, 0) is 36.6 Å². The molecule has 0 unspecified atom stereocenters. The molecule has 1 aliphatic rings. The van der Waals surface area contributed by atoms with Crippen LogP contribution in [0.5, 0.6) is 0 Å². The fraction of sp³-hybridized carbons (Fsp3) is 0.316. The zero-order valence-electron chi connectivity index (χ0n) is 13.9. The molecule has 1 fully saturated rings. The van der Waals surface area contributed by atoms with Crippen molar-refractivity contribution in [3.05, 3.63) is 65.5 Å². The molecule has 0 saturated carbocycles. The number of nitrogens with zero attached hydrogens (tertiary/aromatic N) is 1. The summed E-state index contributed by atoms with van der Waals surface area (Å²) in [4.78, 5) is 14.5. The third-order valence-corrected chi connectivity index (χ3v) is 4.29. The summed E-state index contributed by atoms with van der Waals surface area (Å²) in [6, 6.07) is 14.0. The molecule has 6 heteroatoms. The van der Waals surface area contributed by atoms with E-state index in [2.05, 4.69) is 17.0 Å². The molecule has 1 heterocycles. The zero-order chi connectivity index (χ0) is 16.9. The minimum Gasteiger partial charge on any atom is -0.459 e. The van der Waals surface area contributed by atoms with Crippen LogP contribution in [0.2, 0.25) is 0 Å². The summed E-state index contributed by atoms with van der Waals surface area (Å²) in [7, 11) is 0. The summed E-state index contributed by atoms with van der Waals surface area (Å²) >= 11 is 0. The molecule has 3 rings (SSSR count). The normalized spacial score (nSPS) is 15.4. The molecule has 0 radical (unpaired) electrons. The van der Waals surface area contributed by atoms with Gasteiger partial charge in [-0.3, -0.25) is 4.90 Å². The summed E-state index contributed by atoms with van der Waals surface area (Å²) in [5, 5.41) is 0. The number of likely N-dealkylation sites (tertiary alicyclic amines) is 1. The molecule has 0 amide bonds. The van der Waals surface area contributed by atoms with Crippen LogP contribution in [-0.2, 0) is 11.3 Å². The first kappa shape index (κ1) is 19.2. The second kappa shape index (κ2) is 8.83. The highest BCUT2D eigenvalue weighted by atomic mass is 35.5. The fourth-order valence-corrected chi connectivity index (χ4v) is 2.96. The highest BCUT2D eigenvalue weighted by Gasteiger charge is 2.23. The van der Waals surface area contributed by atoms with Gasteiger partial charge < -0.3 is 10.5 Å². The number of anilines is 1. The molecule has 2 aromatic rings. The zero-order valence-corrected chi connectivity index (χ0v) is 14.7. The summed E-state index contributed by atoms with van der Waals surface area (Å²) in [6.45, 7) is 2.67. The Balaban J connectivity index is 0.00000225. The highest BCUT2D eigenvalue weighted by Crippen LogP contribution is 2.20. The van der Waals surface area contributed by atoms with Gasteiger partial charge in [0.15, 0.2) is 0 Å². The first-order valence-corrected chi connectivity index (χ1v) is 8.14. The quantitative estimate of drug-likeness (QED) is 0.664. The summed E-state index contributed by atoms with van der Waals surface area (Å²) in [5.41, 5.74) is 7.31. The Bertz CT molecular complexity index is 704. The Morgan fingerprint density at radius 3 is 2.48 bits per heavy atom. The van der Waals surface area contributed by atoms with Gasteiger partial charge in [-0.1, -0.05) is 30.3 Å². The van der Waals surface area contributed by atoms with Crippen LogP contribution >= 0.6 is 12.4 Å². The predicted octanol–water partition coefficient (Wildman–Crippen LogP) is 3.65. The Morgan fingerprint density at radius 2 is 1.84 bits per heavy atom. The molecule has 2 N–H and O–H groups in total. The standard InChI is InChI=1S/C19H21FN2O2.ClH/c20-15-6-7-17(18(21)12-15)19(23)24-16-8-10-22(11-9-16)13-14-4-2-1-3-5-14;/h1-7,12,16H,8-11,13,21H2;1H. The van der Waals surface area contributed by atoms with Crippen molar-refractivity contribution < 1.29 is 13.9 Å². The number of carbonyl (C=O) groups excluding carboxylic acids is 1. The van der Waals surface area contributed by atoms with E-state index in [1.807, 2.05) is 18.2 Å². The molecule has 0 bridgehead atoms. The molecule has 25 heavy (non-hydrogen) atoms. The number of nitrogen functional groups attached to an aromatic ring is 1. The minimum absolute atomic E-state index is 0. The van der Waals surface area contributed by atoms with Gasteiger partial charge in [0.1, 0.15) is 11.9 Å². The lowest BCUT2D eigenvalue weighted by Gasteiger charge is -2.31. The molecule has 2 aromatic carbocycles. The fourth-order valence-electron chi connectivity index (χ4n) is 2.96. The van der Waals surface area contributed by atoms with Gasteiger partial charge in [-0.15, -0.1) is 12.4 Å². The lowest BCUT2D eigenvalue weighted by molar-refractivity contribution is 0.0105. The van der Waals surface area contributed by atoms with Gasteiger partial charge in [0.2, 0.25) is 0 Å². The number of carbonyl (C=O) groups is 1. The van der Waals surface area contributed by atoms with E-state index in [4.69, 9.17) is 10.5 Å². The molecule has 0 aromatic heterocycles. The van der Waals surface area contributed by atoms with Crippen LogP contribution in [0.25, 0.3) is 0 Å². The van der Waals surface area contributed by atoms with Crippen molar-refractivity contribution in [1.29, 1.82) is 0 Å². The van der Waals surface area contributed by atoms with Crippen molar-refractivity contribution in [2.45, 2.75) is 25.5 Å². The van der Waals surface area contributed by atoms with E-state index in [9.17, 15) is 9.18 Å². The highest BCUT2D eigenvalue weighted by molar-refractivity contribution is 5.95. The molecular weight excluding hydrogens is 343 g/mol. The van der Waals surface area contributed by atoms with E-state index in [1.54, 1.807) is 0 Å². The average molecular weight is 365 g/mol. The maximum atomic E-state index is 13.1. The Hall–Kier alpha value is -2.11. The number of ether oxygens (including phenoxy) is 1. The van der Waals surface area contributed by atoms with E-state index in [-0.39, 0.29) is 29.8 Å². The van der Waals surface area contributed by atoms with Crippen LogP contribution in [0.4, 0.5) is 10.1 Å². The van der Waals surface area contributed by atoms with Crippen LogP contribution in [0.1, 0.15) is 28.8 Å². The number of esters is 1. The maximum Gasteiger partial charge on any atom is 0.340 e. The van der Waals surface area contributed by atoms with E-state index in [0.29, 0.717) is 0 Å². The molecule has 0 atom stereocenters. The number of hydrogen-bond acceptors (Lipinski definition) is 4. The van der Waals surface area contributed by atoms with Crippen molar-refractivity contribution in [3.8, 4) is 0 Å². The maximum absolute atomic E-state index is 13.1. The monoisotopic (exact) mass is 364 g/mol. The third-order valence-electron chi connectivity index (χ3n) is 4.29. The van der Waals surface area contributed by atoms with Gasteiger partial charge in [0, 0.05) is 25.3 Å². The number of nitrogens with two attached hydrogens (primary N) is 1. The topological polar surface area (TPSA) is 55.6 Å². The van der Waals surface area contributed by atoms with Crippen molar-refractivity contribution in [3.63, 3.8) is 0 Å². The van der Waals surface area contributed by atoms with Crippen LogP contribution in [0, 0.1) is 5.82 Å². The summed E-state index contributed by atoms with van der Waals surface area (Å²) in [6.07, 6.45) is 1.47. The predicted molar refractivity (Wildman–Crippen MR) is 98.2 cm³/mol. The molecule has 0 spiro atoms. The number of piperidine rings is 1. The van der Waals surface area contributed by atoms with Crippen molar-refractivity contribution in [2.75, 3.05) is 18.8 Å². The molecule has 1 saturated heterocycles. The second-order valence-corrected chi connectivity index (χ2v) is 6.10. The minimum atomic E-state index is -0.478. The average Bonchev–Trinajstić information content (AvgIpc) is 2.57. The van der Waals surface area contributed by atoms with Crippen molar-refractivity contribution in [1.82, 2.24) is 4.90 Å². The van der Waals surface area contributed by atoms with E-state index < -0.39 is 11.8 Å². The summed E-state index contributed by atoms with van der Waals surface area (Å²) < 4.78 is 18.6. The SMILES string of the molecule is Cl.Nc1cc(F)ccc1C(=O)OC1CCN(Cc2ccccc2)CC1. The van der Waals surface area contributed by atoms with Crippen LogP contribution in [0.3, 0.4) is 0 Å². The van der Waals surface area contributed by atoms with Crippen molar-refractivity contribution in [2.24, 2.45) is 0 Å². The van der Waals surface area contributed by atoms with E-state index in [1.165, 1.54) is 17.7 Å². The largest absolute Gasteiger partial charge is 0.459 e. The van der Waals surface area contributed by atoms with Crippen molar-refractivity contribution >= 4 is 24.1 Å². The Kier molecular flexibility index (Phi) is 6.79. The van der Waals surface area contributed by atoms with Gasteiger partial charge in [-0.25, -0.2) is 9.18 Å². The molecule has 0 aliphatic carbocycles. The number of rotatable bonds is 4. The smallest absolute Gasteiger partial charge is 0.340 e. The van der Waals surface area contributed by atoms with Gasteiger partial charge in [0.25, 0.3) is 0 Å². The Labute approximate surface area is 153 Å². The van der Waals surface area contributed by atoms with E-state index in [0.717, 1.165) is 38.5 Å². The van der Waals surface area contributed by atoms with Crippen LogP contribution in [0.15, 0.2) is 48.5 Å². The number of benzene rings is 2. The van der Waals surface area contributed by atoms with E-state index >= 15 is 0 Å². The molecule has 1 aliphatic heterocycles. The Morgan fingerprint density at radius 1 is 1.16 bits per heavy atom. The third kappa shape index (κ3) is 5.18. The molecule has 134 valence electrons. The molecule has 4 nitrogen and oxygen atoms in total. The lowest BCUT2D eigenvalue weighted by atomic mass is 10.1. The lowest BCUT2D eigenvalue weighted by Crippen LogP contribution is -2.37. The molecular formula is C19H22ClFN2O2. The number of halogens is 2. The first-order chi connectivity index (χ1) is 11.6. The van der Waals surface area contributed by atoms with Gasteiger partial charge >= 0.3 is 5.97 Å². The first-order valence-electron chi connectivity index (χ1n) is 8.14. The number of hydrogen-bond donors (Lipinski definition) is 1. The summed E-state index contributed by atoms with van der Waals surface area (Å²) in [5.74, 6) is -0.938. The van der Waals surface area contributed by atoms with Gasteiger partial charge in [-0.2, -0.15) is 0 Å². The van der Waals surface area contributed by atoms with Crippen LogP contribution in [-0.4, -0.2) is 30.1 Å². The second-order valence-electron chi connectivity index (χ2n) is 6.10.